The van der Waals surface area contributed by atoms with E-state index in [4.69, 9.17) is 4.74 Å². The molecule has 2 aliphatic heterocycles. The minimum absolute atomic E-state index is 0.0953. The standard InChI is InChI=1S/C8H13NO4/c10-5-1-8(12)9(2-5)6-3-13-4-7(6)11/h5-7,10-11H,1-4H2/t5?,6-,7-/m1/s1. The van der Waals surface area contributed by atoms with Crippen molar-refractivity contribution >= 4 is 5.91 Å². The molecule has 0 radical (unpaired) electrons. The van der Waals surface area contributed by atoms with Crippen LogP contribution in [0.4, 0.5) is 0 Å². The van der Waals surface area contributed by atoms with Crippen LogP contribution in [0.25, 0.3) is 0 Å². The highest BCUT2D eigenvalue weighted by molar-refractivity contribution is 5.79. The molecule has 2 N–H and O–H groups in total. The molecule has 2 aliphatic rings. The first-order valence-corrected chi connectivity index (χ1v) is 4.42. The molecule has 0 aromatic rings. The van der Waals surface area contributed by atoms with Gasteiger partial charge in [0.05, 0.1) is 37.9 Å². The Kier molecular flexibility index (Phi) is 2.23. The zero-order valence-electron chi connectivity index (χ0n) is 7.22. The van der Waals surface area contributed by atoms with Gasteiger partial charge in [-0.1, -0.05) is 0 Å². The Morgan fingerprint density at radius 1 is 1.38 bits per heavy atom. The summed E-state index contributed by atoms with van der Waals surface area (Å²) < 4.78 is 5.04. The Morgan fingerprint density at radius 2 is 2.15 bits per heavy atom. The lowest BCUT2D eigenvalue weighted by molar-refractivity contribution is -0.131. The molecule has 0 aromatic carbocycles. The van der Waals surface area contributed by atoms with Crippen molar-refractivity contribution < 1.29 is 19.7 Å². The van der Waals surface area contributed by atoms with Crippen LogP contribution in [-0.2, 0) is 9.53 Å². The van der Waals surface area contributed by atoms with Crippen molar-refractivity contribution in [1.82, 2.24) is 4.90 Å². The van der Waals surface area contributed by atoms with Crippen LogP contribution in [0, 0.1) is 0 Å². The van der Waals surface area contributed by atoms with Gasteiger partial charge in [-0.25, -0.2) is 0 Å². The zero-order chi connectivity index (χ0) is 9.42. The molecule has 0 aromatic heterocycles. The molecule has 5 heteroatoms. The minimum atomic E-state index is -0.603. The van der Waals surface area contributed by atoms with E-state index in [1.165, 1.54) is 4.90 Å². The van der Waals surface area contributed by atoms with Gasteiger partial charge < -0.3 is 19.8 Å². The normalized spacial score (nSPS) is 40.3. The summed E-state index contributed by atoms with van der Waals surface area (Å²) in [5.74, 6) is -0.0953. The lowest BCUT2D eigenvalue weighted by Crippen LogP contribution is -2.44. The van der Waals surface area contributed by atoms with E-state index in [2.05, 4.69) is 0 Å². The number of aliphatic hydroxyl groups is 2. The largest absolute Gasteiger partial charge is 0.391 e. The van der Waals surface area contributed by atoms with E-state index in [-0.39, 0.29) is 25.0 Å². The minimum Gasteiger partial charge on any atom is -0.391 e. The van der Waals surface area contributed by atoms with Crippen LogP contribution >= 0.6 is 0 Å². The fourth-order valence-corrected chi connectivity index (χ4v) is 1.86. The van der Waals surface area contributed by atoms with Gasteiger partial charge in [0, 0.05) is 6.54 Å². The van der Waals surface area contributed by atoms with E-state index < -0.39 is 12.2 Å². The summed E-state index contributed by atoms with van der Waals surface area (Å²) in [7, 11) is 0. The summed E-state index contributed by atoms with van der Waals surface area (Å²) in [5.41, 5.74) is 0. The van der Waals surface area contributed by atoms with Crippen LogP contribution in [0.2, 0.25) is 0 Å². The van der Waals surface area contributed by atoms with Crippen molar-refractivity contribution in [1.29, 1.82) is 0 Å². The van der Waals surface area contributed by atoms with E-state index in [0.29, 0.717) is 13.2 Å². The third kappa shape index (κ3) is 1.54. The first kappa shape index (κ1) is 8.93. The summed E-state index contributed by atoms with van der Waals surface area (Å²) >= 11 is 0. The predicted molar refractivity (Wildman–Crippen MR) is 43.0 cm³/mol. The van der Waals surface area contributed by atoms with Crippen molar-refractivity contribution in [3.63, 3.8) is 0 Å². The third-order valence-corrected chi connectivity index (χ3v) is 2.56. The highest BCUT2D eigenvalue weighted by atomic mass is 16.5. The molecule has 13 heavy (non-hydrogen) atoms. The summed E-state index contributed by atoms with van der Waals surface area (Å²) in [5, 5.41) is 18.7. The van der Waals surface area contributed by atoms with Crippen LogP contribution in [0.15, 0.2) is 0 Å². The van der Waals surface area contributed by atoms with E-state index in [0.717, 1.165) is 0 Å². The number of carbonyl (C=O) groups excluding carboxylic acids is 1. The van der Waals surface area contributed by atoms with Crippen molar-refractivity contribution in [3.05, 3.63) is 0 Å². The summed E-state index contributed by atoms with van der Waals surface area (Å²) in [6, 6.07) is -0.260. The molecule has 0 spiro atoms. The number of hydrogen-bond acceptors (Lipinski definition) is 4. The Bertz CT molecular complexity index is 220. The molecule has 74 valence electrons. The first-order valence-electron chi connectivity index (χ1n) is 4.42. The summed E-state index contributed by atoms with van der Waals surface area (Å²) in [6.45, 7) is 0.980. The highest BCUT2D eigenvalue weighted by Crippen LogP contribution is 2.20. The molecule has 5 nitrogen and oxygen atoms in total. The lowest BCUT2D eigenvalue weighted by atomic mass is 10.2. The van der Waals surface area contributed by atoms with Crippen molar-refractivity contribution in [2.24, 2.45) is 0 Å². The van der Waals surface area contributed by atoms with Crippen LogP contribution < -0.4 is 0 Å². The van der Waals surface area contributed by atoms with E-state index in [1.54, 1.807) is 0 Å². The molecule has 0 aliphatic carbocycles. The van der Waals surface area contributed by atoms with Gasteiger partial charge in [0.1, 0.15) is 0 Å². The number of aliphatic hydroxyl groups excluding tert-OH is 2. The Labute approximate surface area is 75.9 Å². The lowest BCUT2D eigenvalue weighted by Gasteiger charge is -2.24. The summed E-state index contributed by atoms with van der Waals surface area (Å²) in [6.07, 6.45) is -1.02. The van der Waals surface area contributed by atoms with Gasteiger partial charge in [0.2, 0.25) is 5.91 Å². The quantitative estimate of drug-likeness (QED) is 0.515. The second-order valence-corrected chi connectivity index (χ2v) is 3.58. The molecule has 1 unspecified atom stereocenters. The van der Waals surface area contributed by atoms with Gasteiger partial charge in [0.15, 0.2) is 0 Å². The van der Waals surface area contributed by atoms with Crippen molar-refractivity contribution in [2.45, 2.75) is 24.7 Å². The average molecular weight is 187 g/mol. The Balaban J connectivity index is 2.04. The molecule has 2 fully saturated rings. The maximum absolute atomic E-state index is 11.3. The Hall–Kier alpha value is -0.650. The van der Waals surface area contributed by atoms with Crippen LogP contribution in [0.3, 0.4) is 0 Å². The number of carbonyl (C=O) groups is 1. The number of nitrogens with zero attached hydrogens (tertiary/aromatic N) is 1. The van der Waals surface area contributed by atoms with E-state index in [1.807, 2.05) is 0 Å². The SMILES string of the molecule is O=C1CC(O)CN1[C@@H]1COC[C@H]1O. The molecule has 3 atom stereocenters. The number of rotatable bonds is 1. The molecule has 1 amide bonds. The van der Waals surface area contributed by atoms with Crippen molar-refractivity contribution in [2.75, 3.05) is 19.8 Å². The topological polar surface area (TPSA) is 70.0 Å². The number of likely N-dealkylation sites (tertiary alicyclic amines) is 1. The molecular formula is C8H13NO4. The molecule has 2 saturated heterocycles. The van der Waals surface area contributed by atoms with Gasteiger partial charge in [-0.3, -0.25) is 4.79 Å². The molecule has 0 saturated carbocycles. The Morgan fingerprint density at radius 3 is 2.62 bits per heavy atom. The van der Waals surface area contributed by atoms with Gasteiger partial charge in [-0.15, -0.1) is 0 Å². The second kappa shape index (κ2) is 3.25. The first-order chi connectivity index (χ1) is 6.18. The third-order valence-electron chi connectivity index (χ3n) is 2.56. The van der Waals surface area contributed by atoms with Gasteiger partial charge >= 0.3 is 0 Å². The van der Waals surface area contributed by atoms with Crippen LogP contribution in [0.1, 0.15) is 6.42 Å². The fourth-order valence-electron chi connectivity index (χ4n) is 1.86. The molecule has 2 rings (SSSR count). The van der Waals surface area contributed by atoms with E-state index >= 15 is 0 Å². The summed E-state index contributed by atoms with van der Waals surface area (Å²) in [4.78, 5) is 12.8. The second-order valence-electron chi connectivity index (χ2n) is 3.58. The predicted octanol–water partition coefficient (Wildman–Crippen LogP) is -1.66. The van der Waals surface area contributed by atoms with Gasteiger partial charge in [-0.05, 0) is 0 Å². The maximum atomic E-state index is 11.3. The smallest absolute Gasteiger partial charge is 0.225 e. The molecule has 0 bridgehead atoms. The van der Waals surface area contributed by atoms with Gasteiger partial charge in [0.25, 0.3) is 0 Å². The van der Waals surface area contributed by atoms with Crippen molar-refractivity contribution in [3.8, 4) is 0 Å². The maximum Gasteiger partial charge on any atom is 0.225 e. The monoisotopic (exact) mass is 187 g/mol. The molecular weight excluding hydrogens is 174 g/mol. The molecule has 2 heterocycles. The number of ether oxygens (including phenoxy) is 1. The number of hydrogen-bond donors (Lipinski definition) is 2. The fraction of sp³-hybridized carbons (Fsp3) is 0.875. The van der Waals surface area contributed by atoms with Crippen LogP contribution in [-0.4, -0.2) is 59.0 Å². The average Bonchev–Trinajstić information content (AvgIpc) is 2.58. The zero-order valence-corrected chi connectivity index (χ0v) is 7.22. The van der Waals surface area contributed by atoms with Crippen LogP contribution in [0.5, 0.6) is 0 Å². The number of β-amino-alcohol motifs (C(OH)–C–C–N with tert-alkyl or cyclic N) is 1. The highest BCUT2D eigenvalue weighted by Gasteiger charge is 2.39. The van der Waals surface area contributed by atoms with Gasteiger partial charge in [-0.2, -0.15) is 0 Å². The van der Waals surface area contributed by atoms with E-state index in [9.17, 15) is 15.0 Å². The number of amides is 1.